The lowest BCUT2D eigenvalue weighted by Crippen LogP contribution is -2.45. The molecular formula is C18H20FN3O4S. The number of aromatic carboxylic acids is 1. The zero-order chi connectivity index (χ0) is 19.6. The molecule has 0 aliphatic carbocycles. The fourth-order valence-corrected chi connectivity index (χ4v) is 4.02. The van der Waals surface area contributed by atoms with E-state index in [0.717, 1.165) is 25.2 Å². The first-order valence-electron chi connectivity index (χ1n) is 8.35. The first-order valence-corrected chi connectivity index (χ1v) is 9.84. The van der Waals surface area contributed by atoms with Crippen LogP contribution in [0.4, 0.5) is 15.8 Å². The predicted octanol–water partition coefficient (Wildman–Crippen LogP) is 2.08. The fraction of sp³-hybridized carbons (Fsp3) is 0.278. The van der Waals surface area contributed by atoms with Crippen LogP contribution in [0.5, 0.6) is 0 Å². The number of carboxylic acid groups (broad SMARTS) is 1. The van der Waals surface area contributed by atoms with Crippen LogP contribution < -0.4 is 9.62 Å². The van der Waals surface area contributed by atoms with Crippen LogP contribution in [0, 0.1) is 5.82 Å². The molecule has 7 nitrogen and oxygen atoms in total. The minimum absolute atomic E-state index is 0.0130. The molecule has 0 bridgehead atoms. The van der Waals surface area contributed by atoms with E-state index in [-0.39, 0.29) is 16.1 Å². The lowest BCUT2D eigenvalue weighted by Gasteiger charge is -2.34. The van der Waals surface area contributed by atoms with E-state index >= 15 is 0 Å². The number of hydrogen-bond acceptors (Lipinski definition) is 5. The van der Waals surface area contributed by atoms with Crippen molar-refractivity contribution in [1.82, 2.24) is 4.90 Å². The van der Waals surface area contributed by atoms with Gasteiger partial charge in [0.05, 0.1) is 16.1 Å². The predicted molar refractivity (Wildman–Crippen MR) is 100 cm³/mol. The van der Waals surface area contributed by atoms with Crippen molar-refractivity contribution in [2.45, 2.75) is 4.90 Å². The number of likely N-dealkylation sites (N-methyl/N-ethyl adjacent to an activating group) is 1. The Balaban J connectivity index is 1.89. The van der Waals surface area contributed by atoms with Gasteiger partial charge in [-0.1, -0.05) is 6.07 Å². The Morgan fingerprint density at radius 3 is 2.44 bits per heavy atom. The van der Waals surface area contributed by atoms with Crippen molar-refractivity contribution < 1.29 is 22.7 Å². The fourth-order valence-electron chi connectivity index (χ4n) is 2.94. The number of piperazine rings is 1. The summed E-state index contributed by atoms with van der Waals surface area (Å²) in [5.41, 5.74) is 0.665. The third-order valence-electron chi connectivity index (χ3n) is 4.43. The smallest absolute Gasteiger partial charge is 0.337 e. The number of nitrogens with zero attached hydrogens (tertiary/aromatic N) is 2. The minimum atomic E-state index is -4.03. The number of carbonyl (C=O) groups is 1. The summed E-state index contributed by atoms with van der Waals surface area (Å²) < 4.78 is 40.5. The second-order valence-corrected chi connectivity index (χ2v) is 8.07. The maximum Gasteiger partial charge on any atom is 0.337 e. The Morgan fingerprint density at radius 1 is 1.11 bits per heavy atom. The van der Waals surface area contributed by atoms with Crippen molar-refractivity contribution in [3.8, 4) is 0 Å². The van der Waals surface area contributed by atoms with Crippen LogP contribution in [-0.4, -0.2) is 57.6 Å². The number of nitrogens with one attached hydrogen (secondary N) is 1. The summed E-state index contributed by atoms with van der Waals surface area (Å²) in [5, 5.41) is 9.56. The molecule has 0 spiro atoms. The molecule has 0 unspecified atom stereocenters. The van der Waals surface area contributed by atoms with Crippen LogP contribution in [0.1, 0.15) is 10.4 Å². The van der Waals surface area contributed by atoms with E-state index in [2.05, 4.69) is 9.62 Å². The largest absolute Gasteiger partial charge is 0.478 e. The maximum atomic E-state index is 13.3. The molecule has 0 radical (unpaired) electrons. The Kier molecular flexibility index (Phi) is 5.33. The molecular weight excluding hydrogens is 373 g/mol. The molecule has 1 aliphatic rings. The van der Waals surface area contributed by atoms with Crippen LogP contribution in [-0.2, 0) is 10.0 Å². The molecule has 0 atom stereocenters. The molecule has 1 heterocycles. The zero-order valence-electron chi connectivity index (χ0n) is 14.7. The van der Waals surface area contributed by atoms with Crippen LogP contribution in [0.2, 0.25) is 0 Å². The number of halogens is 1. The maximum absolute atomic E-state index is 13.3. The molecule has 2 N–H and O–H groups in total. The highest BCUT2D eigenvalue weighted by atomic mass is 32.2. The van der Waals surface area contributed by atoms with Gasteiger partial charge in [0.25, 0.3) is 10.0 Å². The number of rotatable bonds is 5. The van der Waals surface area contributed by atoms with Gasteiger partial charge >= 0.3 is 5.97 Å². The number of carboxylic acids is 1. The summed E-state index contributed by atoms with van der Waals surface area (Å²) in [4.78, 5) is 15.6. The van der Waals surface area contributed by atoms with Crippen LogP contribution in [0.15, 0.2) is 47.4 Å². The Hall–Kier alpha value is -2.65. The second-order valence-electron chi connectivity index (χ2n) is 6.39. The van der Waals surface area contributed by atoms with Gasteiger partial charge in [0, 0.05) is 31.9 Å². The summed E-state index contributed by atoms with van der Waals surface area (Å²) in [6.07, 6.45) is 0. The Morgan fingerprint density at radius 2 is 1.81 bits per heavy atom. The monoisotopic (exact) mass is 393 g/mol. The Labute approximate surface area is 157 Å². The van der Waals surface area contributed by atoms with Gasteiger partial charge in [0.1, 0.15) is 5.82 Å². The molecule has 2 aromatic rings. The summed E-state index contributed by atoms with van der Waals surface area (Å²) in [6.45, 7) is 3.00. The van der Waals surface area contributed by atoms with Crippen molar-refractivity contribution in [3.05, 3.63) is 53.8 Å². The molecule has 1 saturated heterocycles. The highest BCUT2D eigenvalue weighted by Gasteiger charge is 2.22. The molecule has 0 amide bonds. The minimum Gasteiger partial charge on any atom is -0.478 e. The standard InChI is InChI=1S/C18H20FN3O4S/c1-21-7-9-22(10-8-21)17-6-5-14(12-16(17)18(23)24)20-27(25,26)15-4-2-3-13(19)11-15/h2-6,11-12,20H,7-10H2,1H3,(H,23,24). The summed E-state index contributed by atoms with van der Waals surface area (Å²) in [6, 6.07) is 9.00. The Bertz CT molecular complexity index is 957. The van der Waals surface area contributed by atoms with E-state index in [4.69, 9.17) is 0 Å². The molecule has 1 aliphatic heterocycles. The average Bonchev–Trinajstić information content (AvgIpc) is 2.62. The van der Waals surface area contributed by atoms with Crippen LogP contribution in [0.25, 0.3) is 0 Å². The normalized spacial score (nSPS) is 15.6. The highest BCUT2D eigenvalue weighted by Crippen LogP contribution is 2.27. The molecule has 144 valence electrons. The third kappa shape index (κ3) is 4.37. The first kappa shape index (κ1) is 19.1. The van der Waals surface area contributed by atoms with Crippen molar-refractivity contribution in [3.63, 3.8) is 0 Å². The van der Waals surface area contributed by atoms with Gasteiger partial charge in [-0.25, -0.2) is 17.6 Å². The van der Waals surface area contributed by atoms with Crippen molar-refractivity contribution in [2.75, 3.05) is 42.8 Å². The van der Waals surface area contributed by atoms with Crippen LogP contribution >= 0.6 is 0 Å². The summed E-state index contributed by atoms with van der Waals surface area (Å²) in [5.74, 6) is -1.81. The van der Waals surface area contributed by atoms with E-state index in [1.807, 2.05) is 11.9 Å². The van der Waals surface area contributed by atoms with Crippen LogP contribution in [0.3, 0.4) is 0 Å². The van der Waals surface area contributed by atoms with Gasteiger partial charge in [-0.3, -0.25) is 4.72 Å². The average molecular weight is 393 g/mol. The zero-order valence-corrected chi connectivity index (χ0v) is 15.5. The van der Waals surface area contributed by atoms with Gasteiger partial charge < -0.3 is 14.9 Å². The molecule has 0 aromatic heterocycles. The van der Waals surface area contributed by atoms with E-state index in [1.54, 1.807) is 6.07 Å². The third-order valence-corrected chi connectivity index (χ3v) is 5.81. The van der Waals surface area contributed by atoms with Crippen molar-refractivity contribution >= 4 is 27.4 Å². The first-order chi connectivity index (χ1) is 12.8. The van der Waals surface area contributed by atoms with Crippen molar-refractivity contribution in [1.29, 1.82) is 0 Å². The number of benzene rings is 2. The number of sulfonamides is 1. The molecule has 2 aromatic carbocycles. The molecule has 1 fully saturated rings. The van der Waals surface area contributed by atoms with Gasteiger partial charge in [-0.2, -0.15) is 0 Å². The highest BCUT2D eigenvalue weighted by molar-refractivity contribution is 7.92. The molecule has 0 saturated carbocycles. The van der Waals surface area contributed by atoms with Gasteiger partial charge in [-0.05, 0) is 43.4 Å². The second kappa shape index (κ2) is 7.53. The molecule has 27 heavy (non-hydrogen) atoms. The topological polar surface area (TPSA) is 90.0 Å². The van der Waals surface area contributed by atoms with Crippen molar-refractivity contribution in [2.24, 2.45) is 0 Å². The lowest BCUT2D eigenvalue weighted by atomic mass is 10.1. The molecule has 3 rings (SSSR count). The summed E-state index contributed by atoms with van der Waals surface area (Å²) in [7, 11) is -2.03. The SMILES string of the molecule is CN1CCN(c2ccc(NS(=O)(=O)c3cccc(F)c3)cc2C(=O)O)CC1. The summed E-state index contributed by atoms with van der Waals surface area (Å²) >= 11 is 0. The van der Waals surface area contributed by atoms with Gasteiger partial charge in [-0.15, -0.1) is 0 Å². The quantitative estimate of drug-likeness (QED) is 0.808. The molecule has 9 heteroatoms. The van der Waals surface area contributed by atoms with Gasteiger partial charge in [0.15, 0.2) is 0 Å². The lowest BCUT2D eigenvalue weighted by molar-refractivity contribution is 0.0697. The number of hydrogen-bond donors (Lipinski definition) is 2. The van der Waals surface area contributed by atoms with E-state index in [9.17, 15) is 22.7 Å². The number of anilines is 2. The van der Waals surface area contributed by atoms with E-state index < -0.39 is 21.8 Å². The van der Waals surface area contributed by atoms with E-state index in [1.165, 1.54) is 24.3 Å². The van der Waals surface area contributed by atoms with Gasteiger partial charge in [0.2, 0.25) is 0 Å². The van der Waals surface area contributed by atoms with E-state index in [0.29, 0.717) is 18.8 Å².